The molecule has 0 spiro atoms. The van der Waals surface area contributed by atoms with Gasteiger partial charge in [-0.2, -0.15) is 10.2 Å². The van der Waals surface area contributed by atoms with Crippen LogP contribution in [0.1, 0.15) is 30.6 Å². The number of nitrogens with one attached hydrogen (secondary N) is 1. The van der Waals surface area contributed by atoms with Crippen molar-refractivity contribution in [1.29, 1.82) is 0 Å². The fourth-order valence-corrected chi connectivity index (χ4v) is 2.14. The first-order valence-corrected chi connectivity index (χ1v) is 6.39. The first kappa shape index (κ1) is 12.8. The van der Waals surface area contributed by atoms with Crippen LogP contribution < -0.4 is 5.32 Å². The van der Waals surface area contributed by atoms with Crippen LogP contribution in [0.5, 0.6) is 0 Å². The normalized spacial score (nSPS) is 12.8. The number of rotatable bonds is 6. The summed E-state index contributed by atoms with van der Waals surface area (Å²) in [5, 5.41) is 12.0. The summed E-state index contributed by atoms with van der Waals surface area (Å²) in [6, 6.07) is 2.37. The fraction of sp³-hybridized carbons (Fsp3) is 0.538. The lowest BCUT2D eigenvalue weighted by atomic mass is 10.1. The van der Waals surface area contributed by atoms with Crippen molar-refractivity contribution in [3.05, 3.63) is 35.9 Å². The minimum absolute atomic E-state index is 0.293. The first-order valence-electron chi connectivity index (χ1n) is 6.39. The molecule has 18 heavy (non-hydrogen) atoms. The molecule has 1 unspecified atom stereocenters. The Morgan fingerprint density at radius 1 is 1.33 bits per heavy atom. The molecule has 1 N–H and O–H groups in total. The zero-order valence-corrected chi connectivity index (χ0v) is 11.3. The summed E-state index contributed by atoms with van der Waals surface area (Å²) in [6.45, 7) is 3.19. The molecule has 0 saturated heterocycles. The Bertz CT molecular complexity index is 485. The maximum Gasteiger partial charge on any atom is 0.0553 e. The number of nitrogens with zero attached hydrogens (tertiary/aromatic N) is 4. The van der Waals surface area contributed by atoms with Gasteiger partial charge in [0, 0.05) is 26.5 Å². The number of hydrogen-bond acceptors (Lipinski definition) is 3. The summed E-state index contributed by atoms with van der Waals surface area (Å²) >= 11 is 0. The maximum atomic E-state index is 4.25. The van der Waals surface area contributed by atoms with Gasteiger partial charge in [-0.05, 0) is 31.0 Å². The van der Waals surface area contributed by atoms with E-state index in [2.05, 4.69) is 34.7 Å². The first-order chi connectivity index (χ1) is 8.70. The molecule has 1 atom stereocenters. The Morgan fingerprint density at radius 2 is 2.17 bits per heavy atom. The molecule has 0 aliphatic carbocycles. The highest BCUT2D eigenvalue weighted by Crippen LogP contribution is 2.17. The van der Waals surface area contributed by atoms with Crippen molar-refractivity contribution in [2.24, 2.45) is 14.1 Å². The van der Waals surface area contributed by atoms with E-state index in [0.29, 0.717) is 6.04 Å². The molecule has 0 fully saturated rings. The zero-order valence-electron chi connectivity index (χ0n) is 11.3. The van der Waals surface area contributed by atoms with Crippen LogP contribution in [0.2, 0.25) is 0 Å². The van der Waals surface area contributed by atoms with E-state index >= 15 is 0 Å². The second-order valence-corrected chi connectivity index (χ2v) is 4.61. The molecule has 0 amide bonds. The van der Waals surface area contributed by atoms with Crippen LogP contribution in [0, 0.1) is 0 Å². The van der Waals surface area contributed by atoms with Crippen LogP contribution >= 0.6 is 0 Å². The summed E-state index contributed by atoms with van der Waals surface area (Å²) in [6.07, 6.45) is 7.90. The zero-order chi connectivity index (χ0) is 13.0. The lowest BCUT2D eigenvalue weighted by Crippen LogP contribution is -2.26. The summed E-state index contributed by atoms with van der Waals surface area (Å²) < 4.78 is 3.78. The monoisotopic (exact) mass is 247 g/mol. The Labute approximate surface area is 108 Å². The number of aryl methyl sites for hydroxylation is 2. The Balaban J connectivity index is 2.12. The van der Waals surface area contributed by atoms with E-state index in [1.165, 1.54) is 11.3 Å². The van der Waals surface area contributed by atoms with Gasteiger partial charge in [0.1, 0.15) is 0 Å². The second-order valence-electron chi connectivity index (χ2n) is 4.61. The highest BCUT2D eigenvalue weighted by molar-refractivity contribution is 5.14. The number of hydrogen-bond donors (Lipinski definition) is 1. The van der Waals surface area contributed by atoms with Gasteiger partial charge >= 0.3 is 0 Å². The van der Waals surface area contributed by atoms with Gasteiger partial charge in [0.15, 0.2) is 0 Å². The summed E-state index contributed by atoms with van der Waals surface area (Å²) in [4.78, 5) is 0. The molecule has 2 aromatic rings. The van der Waals surface area contributed by atoms with Gasteiger partial charge in [0.2, 0.25) is 0 Å². The fourth-order valence-electron chi connectivity index (χ4n) is 2.14. The Hall–Kier alpha value is -1.62. The van der Waals surface area contributed by atoms with E-state index in [0.717, 1.165) is 19.4 Å². The lowest BCUT2D eigenvalue weighted by Gasteiger charge is -2.18. The molecule has 0 aromatic carbocycles. The molecule has 2 heterocycles. The third kappa shape index (κ3) is 2.98. The van der Waals surface area contributed by atoms with Gasteiger partial charge in [-0.3, -0.25) is 9.36 Å². The molecular formula is C13H21N5. The van der Waals surface area contributed by atoms with Crippen molar-refractivity contribution in [2.75, 3.05) is 6.54 Å². The van der Waals surface area contributed by atoms with E-state index < -0.39 is 0 Å². The summed E-state index contributed by atoms with van der Waals surface area (Å²) in [7, 11) is 3.93. The SMILES string of the molecule is CCCNC(Cc1cnn(C)c1)c1ccnn1C. The van der Waals surface area contributed by atoms with Gasteiger partial charge in [-0.25, -0.2) is 0 Å². The predicted octanol–water partition coefficient (Wildman–Crippen LogP) is 1.44. The average molecular weight is 247 g/mol. The van der Waals surface area contributed by atoms with Crippen molar-refractivity contribution < 1.29 is 0 Å². The molecule has 2 aromatic heterocycles. The van der Waals surface area contributed by atoms with Gasteiger partial charge in [-0.1, -0.05) is 6.92 Å². The van der Waals surface area contributed by atoms with Crippen LogP contribution in [-0.2, 0) is 20.5 Å². The van der Waals surface area contributed by atoms with E-state index in [-0.39, 0.29) is 0 Å². The molecule has 2 rings (SSSR count). The standard InChI is InChI=1S/C13H21N5/c1-4-6-14-12(13-5-7-15-18(13)3)8-11-9-16-17(2)10-11/h5,7,9-10,12,14H,4,6,8H2,1-3H3. The van der Waals surface area contributed by atoms with Crippen molar-refractivity contribution in [3.8, 4) is 0 Å². The molecule has 98 valence electrons. The molecule has 0 saturated carbocycles. The smallest absolute Gasteiger partial charge is 0.0553 e. The molecule has 5 nitrogen and oxygen atoms in total. The topological polar surface area (TPSA) is 47.7 Å². The third-order valence-corrected chi connectivity index (χ3v) is 3.05. The van der Waals surface area contributed by atoms with E-state index in [4.69, 9.17) is 0 Å². The summed E-state index contributed by atoms with van der Waals surface area (Å²) in [5.74, 6) is 0. The van der Waals surface area contributed by atoms with Crippen LogP contribution in [-0.4, -0.2) is 26.1 Å². The minimum Gasteiger partial charge on any atom is -0.308 e. The molecule has 0 radical (unpaired) electrons. The molecular weight excluding hydrogens is 226 g/mol. The van der Waals surface area contributed by atoms with E-state index in [9.17, 15) is 0 Å². The van der Waals surface area contributed by atoms with Gasteiger partial charge in [0.05, 0.1) is 17.9 Å². The average Bonchev–Trinajstić information content (AvgIpc) is 2.93. The lowest BCUT2D eigenvalue weighted by molar-refractivity contribution is 0.493. The van der Waals surface area contributed by atoms with E-state index in [1.54, 1.807) is 0 Å². The van der Waals surface area contributed by atoms with Crippen LogP contribution in [0.25, 0.3) is 0 Å². The van der Waals surface area contributed by atoms with Crippen molar-refractivity contribution in [3.63, 3.8) is 0 Å². The van der Waals surface area contributed by atoms with Gasteiger partial charge < -0.3 is 5.32 Å². The largest absolute Gasteiger partial charge is 0.308 e. The van der Waals surface area contributed by atoms with Crippen LogP contribution in [0.15, 0.2) is 24.7 Å². The second kappa shape index (κ2) is 5.82. The molecule has 0 aliphatic rings. The third-order valence-electron chi connectivity index (χ3n) is 3.05. The Kier molecular flexibility index (Phi) is 4.15. The van der Waals surface area contributed by atoms with E-state index in [1.807, 2.05) is 35.9 Å². The molecule has 0 bridgehead atoms. The van der Waals surface area contributed by atoms with Crippen LogP contribution in [0.3, 0.4) is 0 Å². The van der Waals surface area contributed by atoms with Gasteiger partial charge in [0.25, 0.3) is 0 Å². The van der Waals surface area contributed by atoms with Crippen LogP contribution in [0.4, 0.5) is 0 Å². The highest BCUT2D eigenvalue weighted by Gasteiger charge is 2.15. The molecule has 0 aliphatic heterocycles. The quantitative estimate of drug-likeness (QED) is 0.840. The highest BCUT2D eigenvalue weighted by atomic mass is 15.3. The maximum absolute atomic E-state index is 4.25. The number of aromatic nitrogens is 4. The Morgan fingerprint density at radius 3 is 2.72 bits per heavy atom. The van der Waals surface area contributed by atoms with Gasteiger partial charge in [-0.15, -0.1) is 0 Å². The molecule has 5 heteroatoms. The predicted molar refractivity (Wildman–Crippen MR) is 71.2 cm³/mol. The van der Waals surface area contributed by atoms with Crippen molar-refractivity contribution in [1.82, 2.24) is 24.9 Å². The van der Waals surface area contributed by atoms with Crippen molar-refractivity contribution >= 4 is 0 Å². The van der Waals surface area contributed by atoms with Crippen molar-refractivity contribution in [2.45, 2.75) is 25.8 Å². The summed E-state index contributed by atoms with van der Waals surface area (Å²) in [5.41, 5.74) is 2.46. The minimum atomic E-state index is 0.293.